The standard InChI is InChI=1S/C29H37N7O2/c1-19(2)36-27-25(17-31-36)24(29(38)30-16-23-11-10-20(3)32-28(23)37)15-26(33-27)22-9-7-8-21(14-22)18-35(6)13-12-34(4)5/h7-11,14-15,17,19,23H,12-13,16,18H2,1-6H3,(H,30,38). The average Bonchev–Trinajstić information content (AvgIpc) is 3.31. The third-order valence-electron chi connectivity index (χ3n) is 6.56. The molecule has 9 heteroatoms. The van der Waals surface area contributed by atoms with Crippen LogP contribution in [0, 0.1) is 5.92 Å². The van der Waals surface area contributed by atoms with Crippen LogP contribution in [-0.2, 0) is 11.3 Å². The third-order valence-corrected chi connectivity index (χ3v) is 6.56. The second kappa shape index (κ2) is 11.8. The van der Waals surface area contributed by atoms with Crippen molar-refractivity contribution in [3.63, 3.8) is 0 Å². The molecule has 0 radical (unpaired) electrons. The minimum Gasteiger partial charge on any atom is -0.351 e. The second-order valence-electron chi connectivity index (χ2n) is 10.5. The molecule has 3 heterocycles. The summed E-state index contributed by atoms with van der Waals surface area (Å²) in [4.78, 5) is 39.1. The van der Waals surface area contributed by atoms with Crippen LogP contribution in [0.15, 0.2) is 53.7 Å². The molecule has 1 unspecified atom stereocenters. The van der Waals surface area contributed by atoms with Gasteiger partial charge in [0.1, 0.15) is 0 Å². The molecule has 0 fully saturated rings. The molecule has 1 aliphatic rings. The van der Waals surface area contributed by atoms with Crippen LogP contribution in [0.1, 0.15) is 42.7 Å². The molecule has 200 valence electrons. The van der Waals surface area contributed by atoms with Crippen LogP contribution in [0.5, 0.6) is 0 Å². The van der Waals surface area contributed by atoms with Gasteiger partial charge in [-0.2, -0.15) is 5.10 Å². The van der Waals surface area contributed by atoms with Crippen LogP contribution in [0.25, 0.3) is 22.3 Å². The largest absolute Gasteiger partial charge is 0.351 e. The summed E-state index contributed by atoms with van der Waals surface area (Å²) in [6.07, 6.45) is 5.28. The summed E-state index contributed by atoms with van der Waals surface area (Å²) in [5, 5.41) is 8.12. The number of nitrogens with one attached hydrogen (secondary N) is 1. The van der Waals surface area contributed by atoms with Gasteiger partial charge in [0.05, 0.1) is 28.8 Å². The van der Waals surface area contributed by atoms with E-state index in [1.54, 1.807) is 25.3 Å². The minimum absolute atomic E-state index is 0.0777. The molecule has 1 aromatic carbocycles. The number of rotatable bonds is 10. The lowest BCUT2D eigenvalue weighted by Gasteiger charge is -2.19. The molecule has 0 spiro atoms. The Kier molecular flexibility index (Phi) is 8.48. The van der Waals surface area contributed by atoms with Crippen LogP contribution in [0.4, 0.5) is 0 Å². The quantitative estimate of drug-likeness (QED) is 0.444. The van der Waals surface area contributed by atoms with Gasteiger partial charge in [0.25, 0.3) is 11.8 Å². The van der Waals surface area contributed by atoms with Crippen molar-refractivity contribution >= 4 is 28.6 Å². The highest BCUT2D eigenvalue weighted by Crippen LogP contribution is 2.27. The fourth-order valence-electron chi connectivity index (χ4n) is 4.41. The molecule has 38 heavy (non-hydrogen) atoms. The maximum Gasteiger partial charge on any atom is 0.254 e. The van der Waals surface area contributed by atoms with E-state index in [2.05, 4.69) is 58.5 Å². The second-order valence-corrected chi connectivity index (χ2v) is 10.5. The number of hydrogen-bond donors (Lipinski definition) is 1. The molecule has 0 aliphatic carbocycles. The molecule has 3 aromatic rings. The summed E-state index contributed by atoms with van der Waals surface area (Å²) in [5.41, 5.74) is 4.63. The summed E-state index contributed by atoms with van der Waals surface area (Å²) in [7, 11) is 6.26. The van der Waals surface area contributed by atoms with E-state index in [-0.39, 0.29) is 24.4 Å². The molecule has 9 nitrogen and oxygen atoms in total. The number of allylic oxidation sites excluding steroid dienone is 1. The Morgan fingerprint density at radius 1 is 1.16 bits per heavy atom. The number of carbonyl (C=O) groups excluding carboxylic acids is 2. The number of hydrogen-bond acceptors (Lipinski definition) is 6. The zero-order valence-corrected chi connectivity index (χ0v) is 23.1. The van der Waals surface area contributed by atoms with Crippen molar-refractivity contribution in [2.45, 2.75) is 33.4 Å². The van der Waals surface area contributed by atoms with Gasteiger partial charge in [-0.05, 0) is 65.7 Å². The molecule has 2 amide bonds. The van der Waals surface area contributed by atoms with E-state index in [0.717, 1.165) is 25.2 Å². The van der Waals surface area contributed by atoms with Crippen molar-refractivity contribution in [3.05, 3.63) is 59.8 Å². The van der Waals surface area contributed by atoms with Gasteiger partial charge in [-0.15, -0.1) is 0 Å². The van der Waals surface area contributed by atoms with E-state index >= 15 is 0 Å². The van der Waals surface area contributed by atoms with E-state index in [1.807, 2.05) is 36.7 Å². The SMILES string of the molecule is CC1=NC(=O)C(CNC(=O)c2cc(-c3cccc(CN(C)CCN(C)C)c3)nc3c2cnn3C(C)C)C=C1. The first-order valence-corrected chi connectivity index (χ1v) is 13.0. The number of carbonyl (C=O) groups is 2. The first-order chi connectivity index (χ1) is 18.1. The maximum atomic E-state index is 13.4. The number of nitrogens with zero attached hydrogens (tertiary/aromatic N) is 6. The molecule has 2 aromatic heterocycles. The lowest BCUT2D eigenvalue weighted by molar-refractivity contribution is -0.120. The molecule has 1 aliphatic heterocycles. The van der Waals surface area contributed by atoms with Crippen LogP contribution < -0.4 is 5.32 Å². The molecule has 1 atom stereocenters. The van der Waals surface area contributed by atoms with Gasteiger partial charge in [0.2, 0.25) is 0 Å². The average molecular weight is 516 g/mol. The van der Waals surface area contributed by atoms with Crippen molar-refractivity contribution in [2.75, 3.05) is 40.8 Å². The van der Waals surface area contributed by atoms with Crippen LogP contribution >= 0.6 is 0 Å². The van der Waals surface area contributed by atoms with E-state index in [9.17, 15) is 9.59 Å². The minimum atomic E-state index is -0.473. The number of likely N-dealkylation sites (N-methyl/N-ethyl adjacent to an activating group) is 2. The normalized spacial score (nSPS) is 15.7. The zero-order chi connectivity index (χ0) is 27.4. The fourth-order valence-corrected chi connectivity index (χ4v) is 4.41. The van der Waals surface area contributed by atoms with E-state index in [4.69, 9.17) is 4.98 Å². The summed E-state index contributed by atoms with van der Waals surface area (Å²) in [5.74, 6) is -0.987. The van der Waals surface area contributed by atoms with Crippen molar-refractivity contribution in [1.82, 2.24) is 29.9 Å². The van der Waals surface area contributed by atoms with Gasteiger partial charge >= 0.3 is 0 Å². The number of pyridine rings is 1. The smallest absolute Gasteiger partial charge is 0.254 e. The predicted octanol–water partition coefficient (Wildman–Crippen LogP) is 3.58. The van der Waals surface area contributed by atoms with Crippen molar-refractivity contribution in [2.24, 2.45) is 10.9 Å². The molecule has 4 rings (SSSR count). The summed E-state index contributed by atoms with van der Waals surface area (Å²) < 4.78 is 1.83. The Morgan fingerprint density at radius 3 is 2.66 bits per heavy atom. The Bertz CT molecular complexity index is 1390. The monoisotopic (exact) mass is 515 g/mol. The molecule has 0 saturated heterocycles. The van der Waals surface area contributed by atoms with E-state index in [1.165, 1.54) is 5.56 Å². The lowest BCUT2D eigenvalue weighted by atomic mass is 10.0. The molecular weight excluding hydrogens is 478 g/mol. The van der Waals surface area contributed by atoms with Crippen molar-refractivity contribution < 1.29 is 9.59 Å². The molecule has 0 saturated carbocycles. The summed E-state index contributed by atoms with van der Waals surface area (Å²) in [6, 6.07) is 10.2. The van der Waals surface area contributed by atoms with E-state index in [0.29, 0.717) is 28.0 Å². The molecule has 0 bridgehead atoms. The Labute approximate surface area is 224 Å². The Morgan fingerprint density at radius 2 is 1.95 bits per heavy atom. The lowest BCUT2D eigenvalue weighted by Crippen LogP contribution is -2.33. The number of amides is 2. The van der Waals surface area contributed by atoms with Crippen molar-refractivity contribution in [3.8, 4) is 11.3 Å². The van der Waals surface area contributed by atoms with Gasteiger partial charge < -0.3 is 15.1 Å². The highest BCUT2D eigenvalue weighted by Gasteiger charge is 2.22. The number of aromatic nitrogens is 3. The summed E-state index contributed by atoms with van der Waals surface area (Å²) >= 11 is 0. The van der Waals surface area contributed by atoms with Crippen molar-refractivity contribution in [1.29, 1.82) is 0 Å². The van der Waals surface area contributed by atoms with E-state index < -0.39 is 5.92 Å². The third kappa shape index (κ3) is 6.41. The zero-order valence-electron chi connectivity index (χ0n) is 23.1. The number of dihydropyridines is 1. The van der Waals surface area contributed by atoms with Gasteiger partial charge in [0, 0.05) is 43.5 Å². The number of benzene rings is 1. The fraction of sp³-hybridized carbons (Fsp3) is 0.414. The molecular formula is C29H37N7O2. The predicted molar refractivity (Wildman–Crippen MR) is 151 cm³/mol. The molecule has 1 N–H and O–H groups in total. The van der Waals surface area contributed by atoms with Gasteiger partial charge in [-0.1, -0.05) is 24.3 Å². The van der Waals surface area contributed by atoms with Crippen LogP contribution in [0.2, 0.25) is 0 Å². The van der Waals surface area contributed by atoms with Crippen LogP contribution in [-0.4, -0.2) is 82.9 Å². The summed E-state index contributed by atoms with van der Waals surface area (Å²) in [6.45, 7) is 8.79. The topological polar surface area (TPSA) is 95.7 Å². The first kappa shape index (κ1) is 27.3. The Balaban J connectivity index is 1.64. The number of fused-ring (bicyclic) bond motifs is 1. The highest BCUT2D eigenvalue weighted by molar-refractivity contribution is 6.07. The Hall–Kier alpha value is -3.69. The van der Waals surface area contributed by atoms with Gasteiger partial charge in [0.15, 0.2) is 5.65 Å². The van der Waals surface area contributed by atoms with Crippen LogP contribution in [0.3, 0.4) is 0 Å². The van der Waals surface area contributed by atoms with Gasteiger partial charge in [-0.3, -0.25) is 9.59 Å². The highest BCUT2D eigenvalue weighted by atomic mass is 16.2. The number of aliphatic imine (C=N–C) groups is 1. The maximum absolute atomic E-state index is 13.4. The van der Waals surface area contributed by atoms with Gasteiger partial charge in [-0.25, -0.2) is 14.7 Å². The first-order valence-electron chi connectivity index (χ1n) is 13.0.